The zero-order valence-corrected chi connectivity index (χ0v) is 25.3. The van der Waals surface area contributed by atoms with E-state index in [1.54, 1.807) is 0 Å². The number of hydrogen-bond donors (Lipinski definition) is 0. The van der Waals surface area contributed by atoms with E-state index in [9.17, 15) is 0 Å². The minimum Gasteiger partial charge on any atom is -0.0767 e. The maximum absolute atomic E-state index is 2.53. The molecule has 0 bridgehead atoms. The van der Waals surface area contributed by atoms with Crippen molar-refractivity contribution in [2.75, 3.05) is 0 Å². The van der Waals surface area contributed by atoms with Gasteiger partial charge in [-0.25, -0.2) is 0 Å². The van der Waals surface area contributed by atoms with Crippen molar-refractivity contribution in [3.05, 3.63) is 118 Å². The summed E-state index contributed by atoms with van der Waals surface area (Å²) < 4.78 is 0. The molecular weight excluding hydrogens is 456 g/mol. The second-order valence-electron chi connectivity index (χ2n) is 14.9. The zero-order valence-electron chi connectivity index (χ0n) is 25.3. The Hall–Kier alpha value is -2.86. The Kier molecular flexibility index (Phi) is 6.22. The topological polar surface area (TPSA) is 0 Å². The molecule has 0 heteroatoms. The van der Waals surface area contributed by atoms with E-state index in [1.807, 2.05) is 0 Å². The highest BCUT2D eigenvalue weighted by molar-refractivity contribution is 5.82. The maximum atomic E-state index is 2.53. The molecule has 0 N–H and O–H groups in total. The van der Waals surface area contributed by atoms with Crippen molar-refractivity contribution >= 4 is 0 Å². The van der Waals surface area contributed by atoms with Crippen LogP contribution in [0.3, 0.4) is 0 Å². The lowest BCUT2D eigenvalue weighted by atomic mass is 9.63. The van der Waals surface area contributed by atoms with Crippen molar-refractivity contribution in [1.82, 2.24) is 0 Å². The molecule has 0 heterocycles. The van der Waals surface area contributed by atoms with E-state index < -0.39 is 0 Å². The van der Waals surface area contributed by atoms with Crippen LogP contribution in [-0.4, -0.2) is 0 Å². The fraction of sp³-hybridized carbons (Fsp3) is 0.421. The third-order valence-corrected chi connectivity index (χ3v) is 9.11. The molecule has 2 aliphatic rings. The van der Waals surface area contributed by atoms with Crippen molar-refractivity contribution < 1.29 is 0 Å². The van der Waals surface area contributed by atoms with Crippen molar-refractivity contribution in [2.24, 2.45) is 5.41 Å². The summed E-state index contributed by atoms with van der Waals surface area (Å²) in [5, 5.41) is 0. The first-order chi connectivity index (χ1) is 17.6. The molecule has 0 fully saturated rings. The van der Waals surface area contributed by atoms with Crippen LogP contribution >= 0.6 is 0 Å². The summed E-state index contributed by atoms with van der Waals surface area (Å²) in [5.74, 6) is 0.261. The molecule has 0 saturated heterocycles. The largest absolute Gasteiger partial charge is 0.0767 e. The molecular formula is C38H46. The van der Waals surface area contributed by atoms with Crippen LogP contribution < -0.4 is 0 Å². The molecule has 1 unspecified atom stereocenters. The van der Waals surface area contributed by atoms with Gasteiger partial charge in [0.25, 0.3) is 0 Å². The lowest BCUT2D eigenvalue weighted by Gasteiger charge is -2.40. The van der Waals surface area contributed by atoms with Gasteiger partial charge in [-0.2, -0.15) is 0 Å². The Morgan fingerprint density at radius 1 is 0.553 bits per heavy atom. The number of allylic oxidation sites excluding steroid dienone is 4. The van der Waals surface area contributed by atoms with Crippen molar-refractivity contribution in [3.63, 3.8) is 0 Å². The Morgan fingerprint density at radius 3 is 1.47 bits per heavy atom. The second kappa shape index (κ2) is 8.84. The molecule has 0 amide bonds. The first kappa shape index (κ1) is 26.7. The quantitative estimate of drug-likeness (QED) is 0.334. The number of benzene rings is 3. The van der Waals surface area contributed by atoms with Gasteiger partial charge in [0.2, 0.25) is 0 Å². The molecule has 3 aromatic carbocycles. The lowest BCUT2D eigenvalue weighted by molar-refractivity contribution is 0.485. The lowest BCUT2D eigenvalue weighted by Crippen LogP contribution is -2.32. The minimum absolute atomic E-state index is 0.108. The van der Waals surface area contributed by atoms with Gasteiger partial charge in [-0.1, -0.05) is 154 Å². The van der Waals surface area contributed by atoms with Gasteiger partial charge in [0.1, 0.15) is 0 Å². The van der Waals surface area contributed by atoms with E-state index in [1.165, 1.54) is 50.1 Å². The minimum atomic E-state index is -0.155. The Morgan fingerprint density at radius 2 is 1.05 bits per heavy atom. The van der Waals surface area contributed by atoms with E-state index in [4.69, 9.17) is 0 Å². The van der Waals surface area contributed by atoms with Gasteiger partial charge in [0.15, 0.2) is 0 Å². The van der Waals surface area contributed by atoms with Crippen LogP contribution in [0, 0.1) is 5.41 Å². The highest BCUT2D eigenvalue weighted by Crippen LogP contribution is 2.58. The average Bonchev–Trinajstić information content (AvgIpc) is 3.46. The summed E-state index contributed by atoms with van der Waals surface area (Å²) in [4.78, 5) is 0. The third kappa shape index (κ3) is 4.41. The normalized spacial score (nSPS) is 17.5. The third-order valence-electron chi connectivity index (χ3n) is 9.11. The van der Waals surface area contributed by atoms with Crippen LogP contribution in [0.25, 0.3) is 11.1 Å². The summed E-state index contributed by atoms with van der Waals surface area (Å²) in [6, 6.07) is 25.9. The first-order valence-electron chi connectivity index (χ1n) is 14.4. The summed E-state index contributed by atoms with van der Waals surface area (Å²) in [6.07, 6.45) is 6.01. The molecule has 198 valence electrons. The molecule has 0 aliphatic heterocycles. The highest BCUT2D eigenvalue weighted by atomic mass is 14.5. The number of fused-ring (bicyclic) bond motifs is 3. The fourth-order valence-electron chi connectivity index (χ4n) is 6.54. The van der Waals surface area contributed by atoms with Crippen LogP contribution in [0.5, 0.6) is 0 Å². The molecule has 0 saturated carbocycles. The number of rotatable bonds is 3. The Labute approximate surface area is 231 Å². The zero-order chi connectivity index (χ0) is 27.7. The van der Waals surface area contributed by atoms with E-state index >= 15 is 0 Å². The fourth-order valence-corrected chi connectivity index (χ4v) is 6.54. The van der Waals surface area contributed by atoms with Crippen molar-refractivity contribution in [3.8, 4) is 11.1 Å². The standard InChI is InChI=1S/C38H46/c1-35(2,3)26-16-17-29(22-26)38(10,25-14-12-11-13-15-25)34-30-20-18-27(36(4,5)6)23-32(30)33-24-28(37(7,8)9)19-21-31(33)34/h11-16,18-24,34H,17H2,1-10H3. The molecule has 38 heavy (non-hydrogen) atoms. The van der Waals surface area contributed by atoms with Gasteiger partial charge >= 0.3 is 0 Å². The van der Waals surface area contributed by atoms with Crippen LogP contribution in [0.4, 0.5) is 0 Å². The van der Waals surface area contributed by atoms with Gasteiger partial charge in [-0.3, -0.25) is 0 Å². The molecule has 0 spiro atoms. The predicted octanol–water partition coefficient (Wildman–Crippen LogP) is 10.7. The van der Waals surface area contributed by atoms with Crippen LogP contribution in [0.15, 0.2) is 90.0 Å². The Balaban J connectivity index is 1.80. The van der Waals surface area contributed by atoms with Gasteiger partial charge in [0, 0.05) is 11.3 Å². The van der Waals surface area contributed by atoms with E-state index in [0.29, 0.717) is 0 Å². The van der Waals surface area contributed by atoms with Gasteiger partial charge in [0.05, 0.1) is 0 Å². The molecule has 0 radical (unpaired) electrons. The molecule has 0 nitrogen and oxygen atoms in total. The predicted molar refractivity (Wildman–Crippen MR) is 165 cm³/mol. The molecule has 5 rings (SSSR count). The summed E-state index contributed by atoms with van der Waals surface area (Å²) >= 11 is 0. The highest BCUT2D eigenvalue weighted by Gasteiger charge is 2.46. The van der Waals surface area contributed by atoms with Gasteiger partial charge < -0.3 is 0 Å². The molecule has 2 aliphatic carbocycles. The molecule has 3 aromatic rings. The summed E-state index contributed by atoms with van der Waals surface area (Å²) in [7, 11) is 0. The first-order valence-corrected chi connectivity index (χ1v) is 14.4. The smallest absolute Gasteiger partial charge is 0.0249 e. The van der Waals surface area contributed by atoms with Crippen molar-refractivity contribution in [2.45, 2.75) is 97.8 Å². The van der Waals surface area contributed by atoms with E-state index in [-0.39, 0.29) is 27.6 Å². The van der Waals surface area contributed by atoms with Gasteiger partial charge in [-0.15, -0.1) is 0 Å². The van der Waals surface area contributed by atoms with Crippen LogP contribution in [-0.2, 0) is 16.2 Å². The molecule has 0 aromatic heterocycles. The summed E-state index contributed by atoms with van der Waals surface area (Å²) in [5.41, 5.74) is 13.2. The van der Waals surface area contributed by atoms with Crippen LogP contribution in [0.1, 0.15) is 109 Å². The monoisotopic (exact) mass is 502 g/mol. The second-order valence-corrected chi connectivity index (χ2v) is 14.9. The SMILES string of the molecule is CC(C)(C)C1=CCC(C(C)(c2ccccc2)C2c3ccc(C(C)(C)C)cc3-c3cc(C(C)(C)C)ccc32)=C1. The summed E-state index contributed by atoms with van der Waals surface area (Å²) in [6.45, 7) is 23.5. The van der Waals surface area contributed by atoms with Crippen LogP contribution in [0.2, 0.25) is 0 Å². The average molecular weight is 503 g/mol. The van der Waals surface area contributed by atoms with E-state index in [2.05, 4.69) is 148 Å². The van der Waals surface area contributed by atoms with E-state index in [0.717, 1.165) is 6.42 Å². The van der Waals surface area contributed by atoms with Gasteiger partial charge in [-0.05, 0) is 67.2 Å². The Bertz CT molecular complexity index is 1360. The number of hydrogen-bond acceptors (Lipinski definition) is 0. The maximum Gasteiger partial charge on any atom is 0.0249 e. The van der Waals surface area contributed by atoms with Crippen molar-refractivity contribution in [1.29, 1.82) is 0 Å². The molecule has 1 atom stereocenters.